The zero-order valence-electron chi connectivity index (χ0n) is 10.6. The van der Waals surface area contributed by atoms with E-state index in [9.17, 15) is 0 Å². The first-order chi connectivity index (χ1) is 9.25. The van der Waals surface area contributed by atoms with Gasteiger partial charge in [-0.2, -0.15) is 5.10 Å². The van der Waals surface area contributed by atoms with E-state index in [-0.39, 0.29) is 6.10 Å². The van der Waals surface area contributed by atoms with E-state index >= 15 is 0 Å². The van der Waals surface area contributed by atoms with Gasteiger partial charge in [-0.1, -0.05) is 17.7 Å². The molecule has 2 heterocycles. The zero-order chi connectivity index (χ0) is 13.2. The standard InChI is InChI=1S/C13H15ClN4O/c1-9-11(5-6-19-9)17-12-4-2-3-10(14)13(12)18-8-15-7-16-18/h2-4,7-9,11,17H,5-6H2,1H3. The Morgan fingerprint density at radius 3 is 3.05 bits per heavy atom. The van der Waals surface area contributed by atoms with E-state index in [1.165, 1.54) is 6.33 Å². The number of nitrogens with zero attached hydrogens (tertiary/aromatic N) is 3. The Hall–Kier alpha value is -1.59. The van der Waals surface area contributed by atoms with Gasteiger partial charge in [0, 0.05) is 6.61 Å². The maximum Gasteiger partial charge on any atom is 0.138 e. The largest absolute Gasteiger partial charge is 0.378 e. The van der Waals surface area contributed by atoms with Crippen LogP contribution in [0, 0.1) is 0 Å². The molecule has 2 aromatic rings. The van der Waals surface area contributed by atoms with Crippen LogP contribution in [0.5, 0.6) is 0 Å². The molecule has 3 rings (SSSR count). The lowest BCUT2D eigenvalue weighted by Gasteiger charge is -2.20. The van der Waals surface area contributed by atoms with E-state index in [1.807, 2.05) is 18.2 Å². The summed E-state index contributed by atoms with van der Waals surface area (Å²) in [6, 6.07) is 6.05. The number of nitrogens with one attached hydrogen (secondary N) is 1. The number of hydrogen-bond acceptors (Lipinski definition) is 4. The van der Waals surface area contributed by atoms with Crippen LogP contribution in [-0.2, 0) is 4.74 Å². The highest BCUT2D eigenvalue weighted by Crippen LogP contribution is 2.30. The third-order valence-electron chi connectivity index (χ3n) is 3.35. The summed E-state index contributed by atoms with van der Waals surface area (Å²) >= 11 is 6.28. The predicted octanol–water partition coefficient (Wildman–Crippen LogP) is 2.51. The highest BCUT2D eigenvalue weighted by atomic mass is 35.5. The van der Waals surface area contributed by atoms with Crippen LogP contribution in [0.15, 0.2) is 30.9 Å². The van der Waals surface area contributed by atoms with Crippen LogP contribution in [0.3, 0.4) is 0 Å². The second-order valence-corrected chi connectivity index (χ2v) is 5.00. The molecular formula is C13H15ClN4O. The number of para-hydroxylation sites is 1. The summed E-state index contributed by atoms with van der Waals surface area (Å²) in [5.41, 5.74) is 1.76. The maximum absolute atomic E-state index is 6.28. The highest BCUT2D eigenvalue weighted by Gasteiger charge is 2.25. The van der Waals surface area contributed by atoms with Crippen molar-refractivity contribution in [2.24, 2.45) is 0 Å². The summed E-state index contributed by atoms with van der Waals surface area (Å²) in [6.45, 7) is 2.86. The molecule has 0 saturated carbocycles. The first-order valence-corrected chi connectivity index (χ1v) is 6.65. The van der Waals surface area contributed by atoms with E-state index in [4.69, 9.17) is 16.3 Å². The van der Waals surface area contributed by atoms with Crippen molar-refractivity contribution in [3.05, 3.63) is 35.9 Å². The molecule has 0 radical (unpaired) electrons. The summed E-state index contributed by atoms with van der Waals surface area (Å²) in [7, 11) is 0. The van der Waals surface area contributed by atoms with Gasteiger partial charge in [-0.3, -0.25) is 0 Å². The Morgan fingerprint density at radius 1 is 1.47 bits per heavy atom. The number of ether oxygens (including phenoxy) is 1. The summed E-state index contributed by atoms with van der Waals surface area (Å²) < 4.78 is 7.24. The molecule has 1 fully saturated rings. The first kappa shape index (κ1) is 12.4. The van der Waals surface area contributed by atoms with Gasteiger partial charge in [0.1, 0.15) is 18.3 Å². The van der Waals surface area contributed by atoms with Gasteiger partial charge in [0.05, 0.1) is 22.9 Å². The van der Waals surface area contributed by atoms with Crippen molar-refractivity contribution in [2.45, 2.75) is 25.5 Å². The lowest BCUT2D eigenvalue weighted by molar-refractivity contribution is 0.121. The number of benzene rings is 1. The number of anilines is 1. The fourth-order valence-electron chi connectivity index (χ4n) is 2.31. The Balaban J connectivity index is 1.95. The van der Waals surface area contributed by atoms with Crippen LogP contribution in [0.25, 0.3) is 5.69 Å². The van der Waals surface area contributed by atoms with Crippen LogP contribution >= 0.6 is 11.6 Å². The molecule has 1 aromatic heterocycles. The van der Waals surface area contributed by atoms with Crippen molar-refractivity contribution in [2.75, 3.05) is 11.9 Å². The highest BCUT2D eigenvalue weighted by molar-refractivity contribution is 6.33. The van der Waals surface area contributed by atoms with Crippen molar-refractivity contribution in [1.82, 2.24) is 14.8 Å². The minimum Gasteiger partial charge on any atom is -0.378 e. The molecular weight excluding hydrogens is 264 g/mol. The molecule has 1 aliphatic heterocycles. The van der Waals surface area contributed by atoms with Gasteiger partial charge in [0.25, 0.3) is 0 Å². The van der Waals surface area contributed by atoms with E-state index in [2.05, 4.69) is 22.3 Å². The average Bonchev–Trinajstić information content (AvgIpc) is 3.03. The fraction of sp³-hybridized carbons (Fsp3) is 0.385. The maximum atomic E-state index is 6.28. The number of rotatable bonds is 3. The molecule has 0 bridgehead atoms. The minimum atomic E-state index is 0.197. The lowest BCUT2D eigenvalue weighted by Crippen LogP contribution is -2.27. The van der Waals surface area contributed by atoms with E-state index < -0.39 is 0 Å². The fourth-order valence-corrected chi connectivity index (χ4v) is 2.57. The monoisotopic (exact) mass is 278 g/mol. The Labute approximate surface area is 116 Å². The number of hydrogen-bond donors (Lipinski definition) is 1. The van der Waals surface area contributed by atoms with E-state index in [1.54, 1.807) is 11.0 Å². The molecule has 19 heavy (non-hydrogen) atoms. The first-order valence-electron chi connectivity index (χ1n) is 6.27. The molecule has 6 heteroatoms. The van der Waals surface area contributed by atoms with Crippen molar-refractivity contribution in [1.29, 1.82) is 0 Å². The minimum absolute atomic E-state index is 0.197. The lowest BCUT2D eigenvalue weighted by atomic mass is 10.1. The van der Waals surface area contributed by atoms with Crippen LogP contribution in [0.4, 0.5) is 5.69 Å². The third-order valence-corrected chi connectivity index (χ3v) is 3.66. The van der Waals surface area contributed by atoms with Crippen LogP contribution in [0.1, 0.15) is 13.3 Å². The summed E-state index contributed by atoms with van der Waals surface area (Å²) in [5.74, 6) is 0. The Bertz CT molecular complexity index is 558. The van der Waals surface area contributed by atoms with Gasteiger partial charge in [0.15, 0.2) is 0 Å². The Kier molecular flexibility index (Phi) is 3.40. The SMILES string of the molecule is CC1OCCC1Nc1cccc(Cl)c1-n1cncn1. The van der Waals surface area contributed by atoms with Gasteiger partial charge < -0.3 is 10.1 Å². The molecule has 1 aliphatic rings. The predicted molar refractivity (Wildman–Crippen MR) is 73.8 cm³/mol. The molecule has 1 saturated heterocycles. The van der Waals surface area contributed by atoms with Gasteiger partial charge in [-0.25, -0.2) is 9.67 Å². The smallest absolute Gasteiger partial charge is 0.138 e. The van der Waals surface area contributed by atoms with Gasteiger partial charge in [-0.05, 0) is 25.5 Å². The molecule has 0 spiro atoms. The topological polar surface area (TPSA) is 52.0 Å². The zero-order valence-corrected chi connectivity index (χ0v) is 11.3. The second-order valence-electron chi connectivity index (χ2n) is 4.59. The van der Waals surface area contributed by atoms with Crippen molar-refractivity contribution in [3.8, 4) is 5.69 Å². The third kappa shape index (κ3) is 2.43. The van der Waals surface area contributed by atoms with Crippen LogP contribution in [0.2, 0.25) is 5.02 Å². The molecule has 2 atom stereocenters. The average molecular weight is 279 g/mol. The number of halogens is 1. The second kappa shape index (κ2) is 5.19. The van der Waals surface area contributed by atoms with E-state index in [0.29, 0.717) is 11.1 Å². The normalized spacial score (nSPS) is 22.6. The molecule has 1 N–H and O–H groups in total. The molecule has 1 aromatic carbocycles. The van der Waals surface area contributed by atoms with E-state index in [0.717, 1.165) is 24.4 Å². The van der Waals surface area contributed by atoms with Crippen LogP contribution < -0.4 is 5.32 Å². The molecule has 100 valence electrons. The van der Waals surface area contributed by atoms with Crippen LogP contribution in [-0.4, -0.2) is 33.5 Å². The van der Waals surface area contributed by atoms with Gasteiger partial charge in [-0.15, -0.1) is 0 Å². The molecule has 0 aliphatic carbocycles. The molecule has 0 amide bonds. The molecule has 5 nitrogen and oxygen atoms in total. The van der Waals surface area contributed by atoms with Gasteiger partial charge >= 0.3 is 0 Å². The quantitative estimate of drug-likeness (QED) is 0.937. The van der Waals surface area contributed by atoms with Gasteiger partial charge in [0.2, 0.25) is 0 Å². The summed E-state index contributed by atoms with van der Waals surface area (Å²) in [4.78, 5) is 3.97. The van der Waals surface area contributed by atoms with Crippen molar-refractivity contribution >= 4 is 17.3 Å². The van der Waals surface area contributed by atoms with Crippen molar-refractivity contribution < 1.29 is 4.74 Å². The van der Waals surface area contributed by atoms with Crippen molar-refractivity contribution in [3.63, 3.8) is 0 Å². The molecule has 2 unspecified atom stereocenters. The summed E-state index contributed by atoms with van der Waals surface area (Å²) in [5, 5.41) is 8.28. The Morgan fingerprint density at radius 2 is 2.37 bits per heavy atom. The summed E-state index contributed by atoms with van der Waals surface area (Å²) in [6.07, 6.45) is 4.32. The number of aromatic nitrogens is 3.